The molecule has 0 radical (unpaired) electrons. The molecule has 118 valence electrons. The molecule has 1 amide bonds. The van der Waals surface area contributed by atoms with Crippen molar-refractivity contribution >= 4 is 29.5 Å². The van der Waals surface area contributed by atoms with Crippen LogP contribution in [0.1, 0.15) is 29.8 Å². The number of amides is 1. The van der Waals surface area contributed by atoms with E-state index in [2.05, 4.69) is 10.3 Å². The molecule has 0 fully saturated rings. The maximum Gasteiger partial charge on any atom is 0.338 e. The van der Waals surface area contributed by atoms with Gasteiger partial charge in [0.05, 0.1) is 17.9 Å². The Kier molecular flexibility index (Phi) is 5.63. The zero-order valence-electron chi connectivity index (χ0n) is 13.1. The van der Waals surface area contributed by atoms with Crippen molar-refractivity contribution in [2.24, 2.45) is 4.99 Å². The summed E-state index contributed by atoms with van der Waals surface area (Å²) in [5.41, 5.74) is 2.90. The first-order valence-electron chi connectivity index (χ1n) is 7.27. The molecule has 5 heteroatoms. The van der Waals surface area contributed by atoms with E-state index in [1.807, 2.05) is 24.3 Å². The van der Waals surface area contributed by atoms with E-state index in [0.29, 0.717) is 12.2 Å². The zero-order valence-corrected chi connectivity index (χ0v) is 13.1. The fourth-order valence-corrected chi connectivity index (χ4v) is 1.90. The molecule has 0 aliphatic rings. The summed E-state index contributed by atoms with van der Waals surface area (Å²) < 4.78 is 4.93. The normalized spacial score (nSPS) is 10.5. The lowest BCUT2D eigenvalue weighted by Crippen LogP contribution is -2.05. The molecule has 0 aromatic heterocycles. The zero-order chi connectivity index (χ0) is 16.7. The van der Waals surface area contributed by atoms with Crippen molar-refractivity contribution in [1.29, 1.82) is 0 Å². The van der Waals surface area contributed by atoms with Gasteiger partial charge in [0.25, 0.3) is 0 Å². The minimum absolute atomic E-state index is 0.104. The molecule has 0 saturated heterocycles. The first-order chi connectivity index (χ1) is 11.1. The second kappa shape index (κ2) is 7.89. The van der Waals surface area contributed by atoms with Crippen LogP contribution in [0.2, 0.25) is 0 Å². The van der Waals surface area contributed by atoms with Gasteiger partial charge in [-0.3, -0.25) is 9.79 Å². The number of nitrogens with zero attached hydrogens (tertiary/aromatic N) is 1. The average molecular weight is 310 g/mol. The molecule has 0 aliphatic heterocycles. The highest BCUT2D eigenvalue weighted by Gasteiger charge is 2.04. The number of hydrogen-bond acceptors (Lipinski definition) is 4. The molecule has 23 heavy (non-hydrogen) atoms. The third kappa shape index (κ3) is 5.07. The van der Waals surface area contributed by atoms with Crippen LogP contribution in [0.25, 0.3) is 0 Å². The Morgan fingerprint density at radius 2 is 1.74 bits per heavy atom. The molecular weight excluding hydrogens is 292 g/mol. The minimum Gasteiger partial charge on any atom is -0.462 e. The second-order valence-corrected chi connectivity index (χ2v) is 4.83. The van der Waals surface area contributed by atoms with Crippen molar-refractivity contribution in [2.75, 3.05) is 11.9 Å². The molecule has 0 saturated carbocycles. The lowest BCUT2D eigenvalue weighted by Gasteiger charge is -2.02. The lowest BCUT2D eigenvalue weighted by molar-refractivity contribution is -0.114. The van der Waals surface area contributed by atoms with Crippen molar-refractivity contribution in [2.45, 2.75) is 13.8 Å². The average Bonchev–Trinajstić information content (AvgIpc) is 2.54. The van der Waals surface area contributed by atoms with E-state index in [-0.39, 0.29) is 11.9 Å². The summed E-state index contributed by atoms with van der Waals surface area (Å²) >= 11 is 0. The predicted octanol–water partition coefficient (Wildman–Crippen LogP) is 3.57. The smallest absolute Gasteiger partial charge is 0.338 e. The standard InChI is InChI=1S/C18H18N2O3/c1-3-23-18(22)15-6-10-16(11-7-15)19-12-14-4-8-17(9-5-14)20-13(2)21/h4-12H,3H2,1-2H3,(H,20,21). The summed E-state index contributed by atoms with van der Waals surface area (Å²) in [6.07, 6.45) is 1.72. The highest BCUT2D eigenvalue weighted by atomic mass is 16.5. The first kappa shape index (κ1) is 16.4. The Bertz CT molecular complexity index is 704. The number of hydrogen-bond donors (Lipinski definition) is 1. The number of esters is 1. The topological polar surface area (TPSA) is 67.8 Å². The lowest BCUT2D eigenvalue weighted by atomic mass is 10.2. The summed E-state index contributed by atoms with van der Waals surface area (Å²) in [4.78, 5) is 26.9. The van der Waals surface area contributed by atoms with Crippen LogP contribution in [0.3, 0.4) is 0 Å². The molecule has 1 N–H and O–H groups in total. The Morgan fingerprint density at radius 1 is 1.09 bits per heavy atom. The van der Waals surface area contributed by atoms with Gasteiger partial charge in [-0.1, -0.05) is 12.1 Å². The van der Waals surface area contributed by atoms with Gasteiger partial charge in [-0.25, -0.2) is 4.79 Å². The van der Waals surface area contributed by atoms with Crippen molar-refractivity contribution in [1.82, 2.24) is 0 Å². The molecule has 0 heterocycles. The van der Waals surface area contributed by atoms with E-state index in [0.717, 1.165) is 16.9 Å². The number of ether oxygens (including phenoxy) is 1. The molecule has 0 aliphatic carbocycles. The SMILES string of the molecule is CCOC(=O)c1ccc(N=Cc2ccc(NC(C)=O)cc2)cc1. The highest BCUT2D eigenvalue weighted by molar-refractivity contribution is 5.90. The van der Waals surface area contributed by atoms with E-state index in [4.69, 9.17) is 4.74 Å². The van der Waals surface area contributed by atoms with Gasteiger partial charge in [0, 0.05) is 18.8 Å². The third-order valence-corrected chi connectivity index (χ3v) is 2.97. The number of nitrogens with one attached hydrogen (secondary N) is 1. The van der Waals surface area contributed by atoms with Gasteiger partial charge in [0.1, 0.15) is 0 Å². The van der Waals surface area contributed by atoms with Gasteiger partial charge in [0.2, 0.25) is 5.91 Å². The Hall–Kier alpha value is -2.95. The summed E-state index contributed by atoms with van der Waals surface area (Å²) in [6.45, 7) is 3.59. The number of rotatable bonds is 5. The van der Waals surface area contributed by atoms with E-state index in [1.54, 1.807) is 37.4 Å². The second-order valence-electron chi connectivity index (χ2n) is 4.83. The van der Waals surface area contributed by atoms with Gasteiger partial charge in [-0.15, -0.1) is 0 Å². The molecular formula is C18H18N2O3. The van der Waals surface area contributed by atoms with Gasteiger partial charge in [0.15, 0.2) is 0 Å². The highest BCUT2D eigenvalue weighted by Crippen LogP contribution is 2.14. The monoisotopic (exact) mass is 310 g/mol. The fourth-order valence-electron chi connectivity index (χ4n) is 1.90. The largest absolute Gasteiger partial charge is 0.462 e. The quantitative estimate of drug-likeness (QED) is 0.678. The van der Waals surface area contributed by atoms with E-state index in [1.165, 1.54) is 6.92 Å². The predicted molar refractivity (Wildman–Crippen MR) is 90.4 cm³/mol. The molecule has 0 spiro atoms. The van der Waals surface area contributed by atoms with Crippen LogP contribution in [0.15, 0.2) is 53.5 Å². The molecule has 0 unspecified atom stereocenters. The van der Waals surface area contributed by atoms with Crippen LogP contribution in [0, 0.1) is 0 Å². The Morgan fingerprint density at radius 3 is 2.30 bits per heavy atom. The third-order valence-electron chi connectivity index (χ3n) is 2.97. The van der Waals surface area contributed by atoms with Crippen LogP contribution >= 0.6 is 0 Å². The minimum atomic E-state index is -0.336. The first-order valence-corrected chi connectivity index (χ1v) is 7.27. The van der Waals surface area contributed by atoms with E-state index < -0.39 is 0 Å². The molecule has 2 rings (SSSR count). The van der Waals surface area contributed by atoms with E-state index in [9.17, 15) is 9.59 Å². The Labute approximate surface area is 135 Å². The van der Waals surface area contributed by atoms with Crippen molar-refractivity contribution in [3.63, 3.8) is 0 Å². The summed E-state index contributed by atoms with van der Waals surface area (Å²) in [5, 5.41) is 2.71. The van der Waals surface area contributed by atoms with Crippen LogP contribution in [-0.4, -0.2) is 24.7 Å². The van der Waals surface area contributed by atoms with Crippen LogP contribution < -0.4 is 5.32 Å². The molecule has 0 bridgehead atoms. The van der Waals surface area contributed by atoms with Crippen molar-refractivity contribution in [3.8, 4) is 0 Å². The Balaban J connectivity index is 2.02. The van der Waals surface area contributed by atoms with Crippen LogP contribution in [-0.2, 0) is 9.53 Å². The molecule has 2 aromatic rings. The van der Waals surface area contributed by atoms with Gasteiger partial charge < -0.3 is 10.1 Å². The van der Waals surface area contributed by atoms with Gasteiger partial charge >= 0.3 is 5.97 Å². The van der Waals surface area contributed by atoms with Gasteiger partial charge in [-0.05, 0) is 48.9 Å². The maximum absolute atomic E-state index is 11.6. The van der Waals surface area contributed by atoms with Crippen molar-refractivity contribution < 1.29 is 14.3 Å². The number of carbonyl (C=O) groups is 2. The molecule has 2 aromatic carbocycles. The number of benzene rings is 2. The summed E-state index contributed by atoms with van der Waals surface area (Å²) in [7, 11) is 0. The van der Waals surface area contributed by atoms with Crippen molar-refractivity contribution in [3.05, 3.63) is 59.7 Å². The maximum atomic E-state index is 11.6. The van der Waals surface area contributed by atoms with Crippen LogP contribution in [0.4, 0.5) is 11.4 Å². The van der Waals surface area contributed by atoms with Crippen LogP contribution in [0.5, 0.6) is 0 Å². The number of carbonyl (C=O) groups excluding carboxylic acids is 2. The van der Waals surface area contributed by atoms with Gasteiger partial charge in [-0.2, -0.15) is 0 Å². The fraction of sp³-hybridized carbons (Fsp3) is 0.167. The van der Waals surface area contributed by atoms with E-state index >= 15 is 0 Å². The summed E-state index contributed by atoms with van der Waals surface area (Å²) in [6, 6.07) is 14.2. The summed E-state index contributed by atoms with van der Waals surface area (Å²) in [5.74, 6) is -0.440. The number of aliphatic imine (C=N–C) groups is 1. The number of anilines is 1. The molecule has 5 nitrogen and oxygen atoms in total. The molecule has 0 atom stereocenters.